The third kappa shape index (κ3) is 1.69. The summed E-state index contributed by atoms with van der Waals surface area (Å²) in [5.41, 5.74) is 6.93. The Morgan fingerprint density at radius 2 is 2.00 bits per heavy atom. The van der Waals surface area contributed by atoms with Gasteiger partial charge in [-0.1, -0.05) is 19.3 Å². The van der Waals surface area contributed by atoms with Gasteiger partial charge in [-0.3, -0.25) is 0 Å². The molecule has 0 atom stereocenters. The van der Waals surface area contributed by atoms with Crippen molar-refractivity contribution < 1.29 is 0 Å². The molecule has 3 rings (SSSR count). The molecule has 5 nitrogen and oxygen atoms in total. The second kappa shape index (κ2) is 4.05. The molecule has 0 aromatic carbocycles. The van der Waals surface area contributed by atoms with Gasteiger partial charge in [0.2, 0.25) is 0 Å². The first-order chi connectivity index (χ1) is 8.27. The van der Waals surface area contributed by atoms with Crippen molar-refractivity contribution in [3.8, 4) is 0 Å². The van der Waals surface area contributed by atoms with Gasteiger partial charge in [-0.25, -0.2) is 9.97 Å². The zero-order chi connectivity index (χ0) is 11.8. The van der Waals surface area contributed by atoms with Gasteiger partial charge >= 0.3 is 0 Å². The molecule has 1 saturated carbocycles. The van der Waals surface area contributed by atoms with Gasteiger partial charge in [-0.05, 0) is 12.8 Å². The molecule has 1 aliphatic heterocycles. The molecule has 2 N–H and O–H groups in total. The number of fused-ring (bicyclic) bond motifs is 1. The lowest BCUT2D eigenvalue weighted by Gasteiger charge is -2.32. The average molecular weight is 233 g/mol. The lowest BCUT2D eigenvalue weighted by Crippen LogP contribution is -2.39. The largest absolute Gasteiger partial charge is 0.382 e. The Balaban J connectivity index is 1.92. The van der Waals surface area contributed by atoms with Crippen molar-refractivity contribution in [2.24, 2.45) is 0 Å². The van der Waals surface area contributed by atoms with Crippen molar-refractivity contribution >= 4 is 17.3 Å². The monoisotopic (exact) mass is 233 g/mol. The van der Waals surface area contributed by atoms with E-state index in [1.54, 1.807) is 6.33 Å². The quantitative estimate of drug-likeness (QED) is 0.798. The van der Waals surface area contributed by atoms with E-state index in [1.165, 1.54) is 32.1 Å². The number of hydrogen-bond acceptors (Lipinski definition) is 5. The van der Waals surface area contributed by atoms with E-state index < -0.39 is 0 Å². The van der Waals surface area contributed by atoms with Crippen LogP contribution in [0.5, 0.6) is 0 Å². The Kier molecular flexibility index (Phi) is 2.53. The van der Waals surface area contributed by atoms with Gasteiger partial charge < -0.3 is 15.5 Å². The van der Waals surface area contributed by atoms with E-state index in [-0.39, 0.29) is 0 Å². The molecule has 2 aliphatic rings. The van der Waals surface area contributed by atoms with Crippen LogP contribution in [-0.4, -0.2) is 29.7 Å². The Labute approximate surface area is 102 Å². The smallest absolute Gasteiger partial charge is 0.159 e. The molecular formula is C12H19N5. The first-order valence-corrected chi connectivity index (χ1v) is 6.35. The minimum absolute atomic E-state index is 0.593. The summed E-state index contributed by atoms with van der Waals surface area (Å²) < 4.78 is 0. The molecule has 0 bridgehead atoms. The summed E-state index contributed by atoms with van der Waals surface area (Å²) in [6, 6.07) is 0.627. The van der Waals surface area contributed by atoms with Crippen LogP contribution in [-0.2, 0) is 0 Å². The minimum atomic E-state index is 0.593. The first kappa shape index (κ1) is 10.6. The number of nitrogens with two attached hydrogens (primary N) is 1. The van der Waals surface area contributed by atoms with E-state index in [9.17, 15) is 0 Å². The van der Waals surface area contributed by atoms with Crippen LogP contribution < -0.4 is 15.5 Å². The lowest BCUT2D eigenvalue weighted by molar-refractivity contribution is 0.418. The minimum Gasteiger partial charge on any atom is -0.382 e. The second-order valence-corrected chi connectivity index (χ2v) is 5.03. The van der Waals surface area contributed by atoms with E-state index >= 15 is 0 Å². The van der Waals surface area contributed by atoms with E-state index in [4.69, 9.17) is 5.73 Å². The molecule has 5 heteroatoms. The highest BCUT2D eigenvalue weighted by Crippen LogP contribution is 2.39. The van der Waals surface area contributed by atoms with Gasteiger partial charge in [0.15, 0.2) is 11.6 Å². The Hall–Kier alpha value is -1.52. The molecule has 1 aromatic heterocycles. The molecule has 1 aliphatic carbocycles. The first-order valence-electron chi connectivity index (χ1n) is 6.35. The summed E-state index contributed by atoms with van der Waals surface area (Å²) in [7, 11) is 2.06. The van der Waals surface area contributed by atoms with E-state index in [0.717, 1.165) is 18.2 Å². The van der Waals surface area contributed by atoms with Gasteiger partial charge in [0.25, 0.3) is 0 Å². The fourth-order valence-corrected chi connectivity index (χ4v) is 3.01. The topological polar surface area (TPSA) is 58.3 Å². The maximum absolute atomic E-state index is 5.93. The number of anilines is 3. The van der Waals surface area contributed by atoms with Gasteiger partial charge in [0, 0.05) is 13.1 Å². The molecule has 0 saturated heterocycles. The number of nitrogens with zero attached hydrogens (tertiary/aromatic N) is 4. The SMILES string of the molecule is CN1CN(C2CCCCC2)c2ncnc(N)c21. The van der Waals surface area contributed by atoms with Crippen LogP contribution in [0.25, 0.3) is 0 Å². The van der Waals surface area contributed by atoms with Crippen molar-refractivity contribution in [2.45, 2.75) is 38.1 Å². The second-order valence-electron chi connectivity index (χ2n) is 5.03. The summed E-state index contributed by atoms with van der Waals surface area (Å²) in [5, 5.41) is 0. The summed E-state index contributed by atoms with van der Waals surface area (Å²) in [5.74, 6) is 1.61. The Bertz CT molecular complexity index is 413. The van der Waals surface area contributed by atoms with Gasteiger partial charge in [0.05, 0.1) is 6.67 Å². The van der Waals surface area contributed by atoms with Gasteiger partial charge in [0.1, 0.15) is 12.0 Å². The average Bonchev–Trinajstić information content (AvgIpc) is 2.69. The molecule has 17 heavy (non-hydrogen) atoms. The maximum Gasteiger partial charge on any atom is 0.159 e. The standard InChI is InChI=1S/C12H19N5/c1-16-8-17(9-5-3-2-4-6-9)12-10(16)11(13)14-7-15-12/h7,9H,2-6,8H2,1H3,(H2,13,14,15). The van der Waals surface area contributed by atoms with Crippen LogP contribution in [0.3, 0.4) is 0 Å². The molecule has 1 aromatic rings. The predicted molar refractivity (Wildman–Crippen MR) is 69.1 cm³/mol. The highest BCUT2D eigenvalue weighted by atomic mass is 15.4. The van der Waals surface area contributed by atoms with E-state index in [1.807, 2.05) is 0 Å². The number of hydrogen-bond donors (Lipinski definition) is 1. The molecule has 0 unspecified atom stereocenters. The summed E-state index contributed by atoms with van der Waals surface area (Å²) in [6.45, 7) is 0.892. The van der Waals surface area contributed by atoms with Gasteiger partial charge in [-0.15, -0.1) is 0 Å². The maximum atomic E-state index is 5.93. The number of rotatable bonds is 1. The van der Waals surface area contributed by atoms with Gasteiger partial charge in [-0.2, -0.15) is 0 Å². The van der Waals surface area contributed by atoms with Crippen molar-refractivity contribution in [3.05, 3.63) is 6.33 Å². The predicted octanol–water partition coefficient (Wildman–Crippen LogP) is 1.61. The third-order valence-corrected chi connectivity index (χ3v) is 3.86. The fourth-order valence-electron chi connectivity index (χ4n) is 3.01. The number of aromatic nitrogens is 2. The van der Waals surface area contributed by atoms with Crippen LogP contribution in [0.4, 0.5) is 17.3 Å². The van der Waals surface area contributed by atoms with Crippen LogP contribution >= 0.6 is 0 Å². The van der Waals surface area contributed by atoms with Crippen LogP contribution in [0, 0.1) is 0 Å². The normalized spacial score (nSPS) is 20.8. The van der Waals surface area contributed by atoms with Crippen molar-refractivity contribution in [3.63, 3.8) is 0 Å². The molecule has 0 amide bonds. The molecule has 0 spiro atoms. The summed E-state index contributed by atoms with van der Waals surface area (Å²) >= 11 is 0. The zero-order valence-electron chi connectivity index (χ0n) is 10.3. The lowest BCUT2D eigenvalue weighted by atomic mass is 9.94. The highest BCUT2D eigenvalue weighted by molar-refractivity contribution is 5.81. The van der Waals surface area contributed by atoms with Crippen LogP contribution in [0.15, 0.2) is 6.33 Å². The Morgan fingerprint density at radius 3 is 2.76 bits per heavy atom. The summed E-state index contributed by atoms with van der Waals surface area (Å²) in [6.07, 6.45) is 8.16. The van der Waals surface area contributed by atoms with E-state index in [2.05, 4.69) is 26.8 Å². The summed E-state index contributed by atoms with van der Waals surface area (Å²) in [4.78, 5) is 13.0. The van der Waals surface area contributed by atoms with Crippen molar-refractivity contribution in [1.82, 2.24) is 9.97 Å². The van der Waals surface area contributed by atoms with E-state index in [0.29, 0.717) is 11.9 Å². The van der Waals surface area contributed by atoms with Crippen LogP contribution in [0.2, 0.25) is 0 Å². The molecule has 0 radical (unpaired) electrons. The Morgan fingerprint density at radius 1 is 1.24 bits per heavy atom. The van der Waals surface area contributed by atoms with Crippen molar-refractivity contribution in [2.75, 3.05) is 29.2 Å². The van der Waals surface area contributed by atoms with Crippen molar-refractivity contribution in [1.29, 1.82) is 0 Å². The fraction of sp³-hybridized carbons (Fsp3) is 0.667. The van der Waals surface area contributed by atoms with Crippen LogP contribution in [0.1, 0.15) is 32.1 Å². The zero-order valence-corrected chi connectivity index (χ0v) is 10.3. The highest BCUT2D eigenvalue weighted by Gasteiger charge is 2.32. The molecule has 92 valence electrons. The molecule has 2 heterocycles. The molecule has 1 fully saturated rings. The molecular weight excluding hydrogens is 214 g/mol. The number of nitrogen functional groups attached to an aromatic ring is 1. The third-order valence-electron chi connectivity index (χ3n) is 3.86.